The molecule has 0 saturated heterocycles. The summed E-state index contributed by atoms with van der Waals surface area (Å²) in [6.45, 7) is 0. The lowest BCUT2D eigenvalue weighted by Gasteiger charge is -2.22. The molecule has 0 aliphatic carbocycles. The fraction of sp³-hybridized carbons (Fsp3) is 0.0833. The summed E-state index contributed by atoms with van der Waals surface area (Å²) in [6.07, 6.45) is 4.38. The molecule has 1 aliphatic heterocycles. The Hall–Kier alpha value is -1.40. The molecule has 1 N–H and O–H groups in total. The van der Waals surface area contributed by atoms with Crippen LogP contribution in [0.5, 0.6) is 0 Å². The Morgan fingerprint density at radius 2 is 2.00 bits per heavy atom. The van der Waals surface area contributed by atoms with Gasteiger partial charge in [-0.15, -0.1) is 11.6 Å². The molecular weight excluding hydrogens is 274 g/mol. The Kier molecular flexibility index (Phi) is 3.98. The van der Waals surface area contributed by atoms with Crippen molar-refractivity contribution in [1.82, 2.24) is 0 Å². The van der Waals surface area contributed by atoms with Gasteiger partial charge in [-0.05, 0) is 23.3 Å². The first-order valence-electron chi connectivity index (χ1n) is 5.18. The topological polar surface area (TPSA) is 61.6 Å². The van der Waals surface area contributed by atoms with Crippen LogP contribution in [0.25, 0.3) is 5.57 Å². The van der Waals surface area contributed by atoms with Gasteiger partial charge < -0.3 is 10.3 Å². The van der Waals surface area contributed by atoms with Gasteiger partial charge in [-0.25, -0.2) is 0 Å². The molecule has 0 bridgehead atoms. The summed E-state index contributed by atoms with van der Waals surface area (Å²) in [6, 6.07) is 7.15. The molecule has 1 aromatic rings. The normalized spacial score (nSPS) is 18.7. The predicted octanol–water partition coefficient (Wildman–Crippen LogP) is 0.728. The lowest BCUT2D eigenvalue weighted by atomic mass is 9.99. The number of benzene rings is 1. The Bertz CT molecular complexity index is 654. The van der Waals surface area contributed by atoms with E-state index in [1.165, 1.54) is 6.20 Å². The number of nitrogens with one attached hydrogen (secondary N) is 1. The number of hydrogen-bond acceptors (Lipinski definition) is 3. The first-order valence-corrected chi connectivity index (χ1v) is 6.79. The number of alkyl halides is 1. The van der Waals surface area contributed by atoms with Gasteiger partial charge in [-0.3, -0.25) is 0 Å². The molecule has 1 aliphatic rings. The van der Waals surface area contributed by atoms with Crippen molar-refractivity contribution >= 4 is 32.5 Å². The molecule has 0 radical (unpaired) electrons. The van der Waals surface area contributed by atoms with Crippen molar-refractivity contribution in [2.45, 2.75) is 5.88 Å². The fourth-order valence-corrected chi connectivity index (χ4v) is 2.62. The van der Waals surface area contributed by atoms with Crippen LogP contribution in [0.1, 0.15) is 11.1 Å². The van der Waals surface area contributed by atoms with Crippen LogP contribution in [0.4, 0.5) is 0 Å². The SMILES string of the molecule is O=S(=O)=C1C(c2ccccc2CCl)=CC=C[NH+]1[O-]. The average Bonchev–Trinajstić information content (AvgIpc) is 2.38. The van der Waals surface area contributed by atoms with Gasteiger partial charge in [0.1, 0.15) is 6.20 Å². The van der Waals surface area contributed by atoms with Crippen molar-refractivity contribution in [3.05, 3.63) is 59.0 Å². The Balaban J connectivity index is 2.66. The van der Waals surface area contributed by atoms with E-state index >= 15 is 0 Å². The first kappa shape index (κ1) is 13.0. The van der Waals surface area contributed by atoms with Crippen LogP contribution >= 0.6 is 11.6 Å². The zero-order valence-corrected chi connectivity index (χ0v) is 10.8. The van der Waals surface area contributed by atoms with Gasteiger partial charge in [0.2, 0.25) is 0 Å². The summed E-state index contributed by atoms with van der Waals surface area (Å²) in [5.41, 5.74) is 1.85. The van der Waals surface area contributed by atoms with E-state index in [1.807, 2.05) is 6.07 Å². The minimum Gasteiger partial charge on any atom is -0.623 e. The lowest BCUT2D eigenvalue weighted by Crippen LogP contribution is -3.06. The van der Waals surface area contributed by atoms with Crippen LogP contribution in [0.3, 0.4) is 0 Å². The van der Waals surface area contributed by atoms with Gasteiger partial charge in [-0.1, -0.05) is 24.3 Å². The maximum Gasteiger partial charge on any atom is 0.277 e. The van der Waals surface area contributed by atoms with Gasteiger partial charge >= 0.3 is 0 Å². The van der Waals surface area contributed by atoms with Gasteiger partial charge in [0, 0.05) is 5.88 Å². The van der Waals surface area contributed by atoms with Gasteiger partial charge in [0.25, 0.3) is 15.3 Å². The number of hydrogen-bond donors (Lipinski definition) is 1. The zero-order chi connectivity index (χ0) is 13.1. The number of quaternary nitrogens is 1. The highest BCUT2D eigenvalue weighted by atomic mass is 35.5. The minimum atomic E-state index is -2.57. The van der Waals surface area contributed by atoms with E-state index < -0.39 is 15.4 Å². The number of rotatable bonds is 2. The van der Waals surface area contributed by atoms with E-state index in [4.69, 9.17) is 11.6 Å². The Morgan fingerprint density at radius 3 is 2.67 bits per heavy atom. The van der Waals surface area contributed by atoms with Crippen LogP contribution in [0.15, 0.2) is 42.6 Å². The Morgan fingerprint density at radius 1 is 1.28 bits per heavy atom. The highest BCUT2D eigenvalue weighted by molar-refractivity contribution is 7.73. The minimum absolute atomic E-state index is 0.213. The summed E-state index contributed by atoms with van der Waals surface area (Å²) in [4.78, 5) is -0.213. The van der Waals surface area contributed by atoms with Crippen molar-refractivity contribution in [3.63, 3.8) is 0 Å². The van der Waals surface area contributed by atoms with Gasteiger partial charge in [0.15, 0.2) is 0 Å². The number of halogens is 1. The maximum atomic E-state index is 11.6. The smallest absolute Gasteiger partial charge is 0.277 e. The molecule has 94 valence electrons. The molecule has 2 rings (SSSR count). The summed E-state index contributed by atoms with van der Waals surface area (Å²) in [5.74, 6) is 0.254. The molecule has 1 atom stereocenters. The molecule has 1 heterocycles. The Labute approximate surface area is 111 Å². The van der Waals surface area contributed by atoms with Crippen LogP contribution < -0.4 is 5.06 Å². The largest absolute Gasteiger partial charge is 0.623 e. The quantitative estimate of drug-likeness (QED) is 0.494. The highest BCUT2D eigenvalue weighted by Crippen LogP contribution is 2.21. The lowest BCUT2D eigenvalue weighted by molar-refractivity contribution is -0.679. The van der Waals surface area contributed by atoms with Crippen LogP contribution in [0, 0.1) is 5.21 Å². The van der Waals surface area contributed by atoms with Gasteiger partial charge in [-0.2, -0.15) is 8.42 Å². The molecular formula is C12H10ClNO3S. The maximum absolute atomic E-state index is 11.6. The van der Waals surface area contributed by atoms with Crippen molar-refractivity contribution in [1.29, 1.82) is 0 Å². The van der Waals surface area contributed by atoms with Crippen molar-refractivity contribution in [3.8, 4) is 0 Å². The molecule has 1 aromatic carbocycles. The van der Waals surface area contributed by atoms with E-state index in [1.54, 1.807) is 30.4 Å². The predicted molar refractivity (Wildman–Crippen MR) is 71.4 cm³/mol. The summed E-state index contributed by atoms with van der Waals surface area (Å²) >= 11 is 5.82. The molecule has 18 heavy (non-hydrogen) atoms. The van der Waals surface area contributed by atoms with Crippen LogP contribution in [-0.2, 0) is 16.2 Å². The van der Waals surface area contributed by atoms with Gasteiger partial charge in [0.05, 0.1) is 5.57 Å². The fourth-order valence-electron chi connectivity index (χ4n) is 1.80. The second kappa shape index (κ2) is 5.49. The molecule has 0 fully saturated rings. The second-order valence-corrected chi connectivity index (χ2v) is 4.80. The molecule has 0 saturated carbocycles. The second-order valence-electron chi connectivity index (χ2n) is 3.66. The standard InChI is InChI=1S/C12H10ClNO3S/c13-8-9-4-1-2-5-10(9)11-6-3-7-14(15)12(11)18(16)17/h1-7,14H,8H2. The van der Waals surface area contributed by atoms with E-state index in [2.05, 4.69) is 0 Å². The van der Waals surface area contributed by atoms with E-state index in [-0.39, 0.29) is 10.9 Å². The van der Waals surface area contributed by atoms with Crippen molar-refractivity contribution < 1.29 is 13.5 Å². The molecule has 0 amide bonds. The first-order chi connectivity index (χ1) is 8.65. The molecule has 0 aromatic heterocycles. The van der Waals surface area contributed by atoms with E-state index in [0.717, 1.165) is 5.56 Å². The summed E-state index contributed by atoms with van der Waals surface area (Å²) < 4.78 is 22.4. The molecule has 0 spiro atoms. The highest BCUT2D eigenvalue weighted by Gasteiger charge is 2.22. The van der Waals surface area contributed by atoms with E-state index in [0.29, 0.717) is 11.1 Å². The number of hydroxylamine groups is 2. The summed E-state index contributed by atoms with van der Waals surface area (Å²) in [5, 5.41) is 11.1. The third-order valence-corrected chi connectivity index (χ3v) is 3.64. The third kappa shape index (κ3) is 2.39. The molecule has 1 unspecified atom stereocenters. The van der Waals surface area contributed by atoms with Crippen molar-refractivity contribution in [2.75, 3.05) is 0 Å². The van der Waals surface area contributed by atoms with Crippen LogP contribution in [-0.4, -0.2) is 13.4 Å². The molecule has 6 heteroatoms. The summed E-state index contributed by atoms with van der Waals surface area (Å²) in [7, 11) is -2.57. The average molecular weight is 284 g/mol. The number of allylic oxidation sites excluding steroid dienone is 2. The monoisotopic (exact) mass is 283 g/mol. The molecule has 4 nitrogen and oxygen atoms in total. The zero-order valence-electron chi connectivity index (χ0n) is 9.26. The van der Waals surface area contributed by atoms with Crippen LogP contribution in [0.2, 0.25) is 0 Å². The van der Waals surface area contributed by atoms with E-state index in [9.17, 15) is 13.6 Å². The van der Waals surface area contributed by atoms with Crippen molar-refractivity contribution in [2.24, 2.45) is 0 Å². The third-order valence-electron chi connectivity index (χ3n) is 2.60.